The second-order valence-electron chi connectivity index (χ2n) is 4.31. The monoisotopic (exact) mass is 269 g/mol. The standard InChI is InChI=1S/C12H15N3O2.ClH/c1-9-3-2-4-10-11(9)17-12(16)15(10)14-7-5-13-6-8-14;/h2-4,13H,5-8H2,1H3;1H. The van der Waals surface area contributed by atoms with Gasteiger partial charge in [-0.1, -0.05) is 12.1 Å². The van der Waals surface area contributed by atoms with Crippen LogP contribution in [0.15, 0.2) is 27.4 Å². The van der Waals surface area contributed by atoms with Gasteiger partial charge < -0.3 is 14.7 Å². The van der Waals surface area contributed by atoms with E-state index in [1.807, 2.05) is 30.1 Å². The number of piperazine rings is 1. The van der Waals surface area contributed by atoms with E-state index in [1.54, 1.807) is 4.68 Å². The van der Waals surface area contributed by atoms with Crippen LogP contribution in [0.3, 0.4) is 0 Å². The second-order valence-corrected chi connectivity index (χ2v) is 4.31. The quantitative estimate of drug-likeness (QED) is 0.835. The normalized spacial score (nSPS) is 15.7. The van der Waals surface area contributed by atoms with E-state index in [4.69, 9.17) is 4.42 Å². The van der Waals surface area contributed by atoms with Crippen molar-refractivity contribution in [3.63, 3.8) is 0 Å². The Morgan fingerprint density at radius 1 is 1.28 bits per heavy atom. The van der Waals surface area contributed by atoms with Gasteiger partial charge in [0.1, 0.15) is 5.52 Å². The van der Waals surface area contributed by atoms with Crippen molar-refractivity contribution in [2.75, 3.05) is 31.2 Å². The lowest BCUT2D eigenvalue weighted by Crippen LogP contribution is -2.51. The topological polar surface area (TPSA) is 50.4 Å². The number of benzene rings is 1. The van der Waals surface area contributed by atoms with E-state index in [2.05, 4.69) is 5.32 Å². The molecular weight excluding hydrogens is 254 g/mol. The zero-order chi connectivity index (χ0) is 11.8. The van der Waals surface area contributed by atoms with E-state index in [0.717, 1.165) is 37.3 Å². The molecule has 0 unspecified atom stereocenters. The highest BCUT2D eigenvalue weighted by atomic mass is 35.5. The minimum absolute atomic E-state index is 0. The van der Waals surface area contributed by atoms with Crippen LogP contribution in [-0.4, -0.2) is 30.9 Å². The van der Waals surface area contributed by atoms with E-state index < -0.39 is 0 Å². The summed E-state index contributed by atoms with van der Waals surface area (Å²) in [5, 5.41) is 5.30. The fraction of sp³-hybridized carbons (Fsp3) is 0.417. The predicted octanol–water partition coefficient (Wildman–Crippen LogP) is 0.866. The number of para-hydroxylation sites is 1. The number of hydrogen-bond donors (Lipinski definition) is 1. The van der Waals surface area contributed by atoms with Crippen molar-refractivity contribution in [2.24, 2.45) is 0 Å². The lowest BCUT2D eigenvalue weighted by atomic mass is 10.2. The molecule has 1 aromatic heterocycles. The lowest BCUT2D eigenvalue weighted by molar-refractivity contribution is 0.446. The first-order valence-corrected chi connectivity index (χ1v) is 5.84. The Kier molecular flexibility index (Phi) is 3.63. The van der Waals surface area contributed by atoms with Crippen LogP contribution in [0.2, 0.25) is 0 Å². The van der Waals surface area contributed by atoms with Crippen LogP contribution >= 0.6 is 12.4 Å². The summed E-state index contributed by atoms with van der Waals surface area (Å²) in [5.41, 5.74) is 2.54. The van der Waals surface area contributed by atoms with E-state index in [0.29, 0.717) is 5.58 Å². The van der Waals surface area contributed by atoms with E-state index in [-0.39, 0.29) is 18.2 Å². The molecule has 0 spiro atoms. The minimum Gasteiger partial charge on any atom is -0.406 e. The minimum atomic E-state index is -0.295. The van der Waals surface area contributed by atoms with Crippen molar-refractivity contribution in [1.29, 1.82) is 0 Å². The summed E-state index contributed by atoms with van der Waals surface area (Å²) in [6.45, 7) is 5.38. The summed E-state index contributed by atoms with van der Waals surface area (Å²) < 4.78 is 6.98. The van der Waals surface area contributed by atoms with Gasteiger partial charge in [-0.15, -0.1) is 12.4 Å². The average molecular weight is 270 g/mol. The number of aromatic nitrogens is 1. The molecule has 2 aromatic rings. The molecule has 1 aromatic carbocycles. The van der Waals surface area contributed by atoms with E-state index in [1.165, 1.54) is 0 Å². The molecular formula is C12H16ClN3O2. The van der Waals surface area contributed by atoms with E-state index in [9.17, 15) is 4.79 Å². The van der Waals surface area contributed by atoms with Crippen molar-refractivity contribution in [3.8, 4) is 0 Å². The highest BCUT2D eigenvalue weighted by Gasteiger charge is 2.18. The van der Waals surface area contributed by atoms with Gasteiger partial charge in [0.25, 0.3) is 0 Å². The molecule has 0 bridgehead atoms. The molecule has 0 radical (unpaired) electrons. The summed E-state index contributed by atoms with van der Waals surface area (Å²) in [5.74, 6) is -0.295. The summed E-state index contributed by atoms with van der Waals surface area (Å²) >= 11 is 0. The van der Waals surface area contributed by atoms with Gasteiger partial charge in [-0.25, -0.2) is 4.79 Å². The van der Waals surface area contributed by atoms with Gasteiger partial charge in [0.2, 0.25) is 0 Å². The molecule has 1 aliphatic heterocycles. The zero-order valence-corrected chi connectivity index (χ0v) is 11.0. The molecule has 1 aliphatic rings. The highest BCUT2D eigenvalue weighted by Crippen LogP contribution is 2.17. The SMILES string of the molecule is Cc1cccc2c1oc(=O)n2N1CCNCC1.Cl. The fourth-order valence-corrected chi connectivity index (χ4v) is 2.29. The summed E-state index contributed by atoms with van der Waals surface area (Å²) in [4.78, 5) is 11.9. The maximum atomic E-state index is 11.9. The molecule has 0 saturated carbocycles. The van der Waals surface area contributed by atoms with Gasteiger partial charge in [0.05, 0.1) is 0 Å². The van der Waals surface area contributed by atoms with Gasteiger partial charge in [0.15, 0.2) is 5.58 Å². The number of aryl methyl sites for hydroxylation is 1. The van der Waals surface area contributed by atoms with Crippen LogP contribution in [0.5, 0.6) is 0 Å². The summed E-state index contributed by atoms with van der Waals surface area (Å²) in [7, 11) is 0. The Morgan fingerprint density at radius 3 is 2.72 bits per heavy atom. The Hall–Kier alpha value is -1.46. The highest BCUT2D eigenvalue weighted by molar-refractivity contribution is 5.85. The number of rotatable bonds is 1. The molecule has 18 heavy (non-hydrogen) atoms. The zero-order valence-electron chi connectivity index (χ0n) is 10.2. The van der Waals surface area contributed by atoms with Crippen molar-refractivity contribution < 1.29 is 4.42 Å². The van der Waals surface area contributed by atoms with Crippen molar-refractivity contribution >= 4 is 23.5 Å². The summed E-state index contributed by atoms with van der Waals surface area (Å²) in [6, 6.07) is 5.83. The molecule has 0 amide bonds. The lowest BCUT2D eigenvalue weighted by Gasteiger charge is -2.29. The number of fused-ring (bicyclic) bond motifs is 1. The first kappa shape index (κ1) is 13.0. The molecule has 0 atom stereocenters. The number of nitrogens with one attached hydrogen (secondary N) is 1. The van der Waals surface area contributed by atoms with Gasteiger partial charge in [-0.2, -0.15) is 4.68 Å². The molecule has 98 valence electrons. The second kappa shape index (κ2) is 5.04. The summed E-state index contributed by atoms with van der Waals surface area (Å²) in [6.07, 6.45) is 0. The van der Waals surface area contributed by atoms with Crippen LogP contribution in [0, 0.1) is 6.92 Å². The van der Waals surface area contributed by atoms with Gasteiger partial charge in [-0.3, -0.25) is 0 Å². The van der Waals surface area contributed by atoms with E-state index >= 15 is 0 Å². The number of hydrogen-bond acceptors (Lipinski definition) is 4. The Morgan fingerprint density at radius 2 is 2.00 bits per heavy atom. The maximum Gasteiger partial charge on any atom is 0.438 e. The Labute approximate surface area is 111 Å². The Bertz CT molecular complexity index is 599. The van der Waals surface area contributed by atoms with Gasteiger partial charge in [-0.05, 0) is 18.6 Å². The third kappa shape index (κ3) is 2.00. The fourth-order valence-electron chi connectivity index (χ4n) is 2.29. The molecule has 2 heterocycles. The van der Waals surface area contributed by atoms with Gasteiger partial charge >= 0.3 is 5.76 Å². The molecule has 1 saturated heterocycles. The molecule has 6 heteroatoms. The first-order chi connectivity index (χ1) is 8.27. The molecule has 5 nitrogen and oxygen atoms in total. The molecule has 1 N–H and O–H groups in total. The predicted molar refractivity (Wildman–Crippen MR) is 73.3 cm³/mol. The molecule has 1 fully saturated rings. The van der Waals surface area contributed by atoms with Crippen molar-refractivity contribution in [3.05, 3.63) is 34.3 Å². The van der Waals surface area contributed by atoms with Crippen LogP contribution < -0.4 is 16.1 Å². The van der Waals surface area contributed by atoms with Crippen LogP contribution in [0.4, 0.5) is 0 Å². The first-order valence-electron chi connectivity index (χ1n) is 5.84. The molecule has 0 aliphatic carbocycles. The Balaban J connectivity index is 0.00000120. The largest absolute Gasteiger partial charge is 0.438 e. The van der Waals surface area contributed by atoms with Crippen LogP contribution in [-0.2, 0) is 0 Å². The number of halogens is 1. The number of oxazole rings is 1. The smallest absolute Gasteiger partial charge is 0.406 e. The van der Waals surface area contributed by atoms with Crippen molar-refractivity contribution in [1.82, 2.24) is 9.99 Å². The average Bonchev–Trinajstić information content (AvgIpc) is 2.68. The van der Waals surface area contributed by atoms with Crippen LogP contribution in [0.25, 0.3) is 11.1 Å². The molecule has 3 rings (SSSR count). The third-order valence-corrected chi connectivity index (χ3v) is 3.16. The van der Waals surface area contributed by atoms with Crippen LogP contribution in [0.1, 0.15) is 5.56 Å². The maximum absolute atomic E-state index is 11.9. The number of nitrogens with zero attached hydrogens (tertiary/aromatic N) is 2. The third-order valence-electron chi connectivity index (χ3n) is 3.16. The van der Waals surface area contributed by atoms with Crippen molar-refractivity contribution in [2.45, 2.75) is 6.92 Å². The van der Waals surface area contributed by atoms with Gasteiger partial charge in [0, 0.05) is 26.2 Å².